The summed E-state index contributed by atoms with van der Waals surface area (Å²) in [5.74, 6) is 0. The van der Waals surface area contributed by atoms with Crippen molar-refractivity contribution in [2.24, 2.45) is 5.73 Å². The molecule has 94 valence electrons. The molecule has 2 rings (SSSR count). The molecule has 1 saturated carbocycles. The molecule has 0 aromatic heterocycles. The van der Waals surface area contributed by atoms with Crippen molar-refractivity contribution in [2.45, 2.75) is 51.6 Å². The zero-order valence-corrected chi connectivity index (χ0v) is 11.0. The molecule has 1 fully saturated rings. The Kier molecular flexibility index (Phi) is 4.19. The van der Waals surface area contributed by atoms with Crippen LogP contribution in [0.25, 0.3) is 0 Å². The summed E-state index contributed by atoms with van der Waals surface area (Å²) >= 11 is 0. The van der Waals surface area contributed by atoms with E-state index >= 15 is 0 Å². The summed E-state index contributed by atoms with van der Waals surface area (Å²) in [4.78, 5) is 0. The van der Waals surface area contributed by atoms with Crippen molar-refractivity contribution < 1.29 is 0 Å². The average Bonchev–Trinajstić information content (AvgIpc) is 2.82. The minimum absolute atomic E-state index is 0.317. The van der Waals surface area contributed by atoms with Crippen molar-refractivity contribution in [3.05, 3.63) is 34.9 Å². The molecule has 1 aromatic carbocycles. The third-order valence-corrected chi connectivity index (χ3v) is 3.96. The number of hydrogen-bond acceptors (Lipinski definition) is 2. The van der Waals surface area contributed by atoms with Gasteiger partial charge < -0.3 is 11.1 Å². The molecule has 0 aliphatic heterocycles. The van der Waals surface area contributed by atoms with E-state index in [1.807, 2.05) is 0 Å². The Labute approximate surface area is 105 Å². The number of benzene rings is 1. The van der Waals surface area contributed by atoms with E-state index < -0.39 is 0 Å². The molecule has 0 bridgehead atoms. The molecule has 17 heavy (non-hydrogen) atoms. The lowest BCUT2D eigenvalue weighted by atomic mass is 10.00. The highest BCUT2D eigenvalue weighted by molar-refractivity contribution is 5.32. The summed E-state index contributed by atoms with van der Waals surface area (Å²) < 4.78 is 0. The van der Waals surface area contributed by atoms with Crippen molar-refractivity contribution in [3.8, 4) is 0 Å². The molecule has 0 spiro atoms. The maximum Gasteiger partial charge on any atom is 0.0446 e. The number of hydrogen-bond donors (Lipinski definition) is 2. The zero-order valence-electron chi connectivity index (χ0n) is 11.0. The van der Waals surface area contributed by atoms with Crippen LogP contribution in [0.2, 0.25) is 0 Å². The Morgan fingerprint density at radius 1 is 1.24 bits per heavy atom. The lowest BCUT2D eigenvalue weighted by Crippen LogP contribution is -2.35. The Morgan fingerprint density at radius 2 is 1.94 bits per heavy atom. The molecule has 2 nitrogen and oxygen atoms in total. The Hall–Kier alpha value is -0.860. The first-order valence-electron chi connectivity index (χ1n) is 6.74. The van der Waals surface area contributed by atoms with Gasteiger partial charge in [0.2, 0.25) is 0 Å². The molecule has 0 radical (unpaired) electrons. The molecule has 0 amide bonds. The van der Waals surface area contributed by atoms with Crippen LogP contribution in [0.5, 0.6) is 0 Å². The fourth-order valence-corrected chi connectivity index (χ4v) is 2.66. The molecule has 1 atom stereocenters. The summed E-state index contributed by atoms with van der Waals surface area (Å²) in [6.07, 6.45) is 5.34. The highest BCUT2D eigenvalue weighted by Gasteiger charge is 2.19. The third kappa shape index (κ3) is 3.08. The van der Waals surface area contributed by atoms with Crippen LogP contribution in [0, 0.1) is 13.8 Å². The van der Waals surface area contributed by atoms with E-state index in [2.05, 4.69) is 37.4 Å². The molecule has 2 heteroatoms. The Balaban J connectivity index is 2.08. The van der Waals surface area contributed by atoms with Gasteiger partial charge in [-0.05, 0) is 43.4 Å². The summed E-state index contributed by atoms with van der Waals surface area (Å²) in [5, 5.41) is 3.70. The van der Waals surface area contributed by atoms with Crippen LogP contribution >= 0.6 is 0 Å². The monoisotopic (exact) mass is 232 g/mol. The van der Waals surface area contributed by atoms with Gasteiger partial charge in [0.05, 0.1) is 0 Å². The van der Waals surface area contributed by atoms with Gasteiger partial charge in [0.25, 0.3) is 0 Å². The maximum absolute atomic E-state index is 5.91. The molecular weight excluding hydrogens is 208 g/mol. The van der Waals surface area contributed by atoms with Gasteiger partial charge in [-0.2, -0.15) is 0 Å². The van der Waals surface area contributed by atoms with Crippen LogP contribution in [-0.2, 0) is 0 Å². The van der Waals surface area contributed by atoms with Crippen molar-refractivity contribution in [1.29, 1.82) is 0 Å². The molecule has 0 saturated heterocycles. The van der Waals surface area contributed by atoms with Gasteiger partial charge in [0.1, 0.15) is 0 Å². The number of nitrogens with one attached hydrogen (secondary N) is 1. The second-order valence-corrected chi connectivity index (χ2v) is 5.28. The molecule has 1 aliphatic rings. The van der Waals surface area contributed by atoms with E-state index in [9.17, 15) is 0 Å². The Morgan fingerprint density at radius 3 is 2.53 bits per heavy atom. The largest absolute Gasteiger partial charge is 0.329 e. The minimum Gasteiger partial charge on any atom is -0.329 e. The van der Waals surface area contributed by atoms with Crippen LogP contribution in [-0.4, -0.2) is 12.6 Å². The topological polar surface area (TPSA) is 38.0 Å². The first-order chi connectivity index (χ1) is 8.20. The first-order valence-corrected chi connectivity index (χ1v) is 6.74. The standard InChI is InChI=1S/C15H24N2/c1-11-7-8-13(9-12(11)2)15(10-16)17-14-5-3-4-6-14/h7-9,14-15,17H,3-6,10,16H2,1-2H3. The van der Waals surface area contributed by atoms with Gasteiger partial charge in [-0.25, -0.2) is 0 Å². The summed E-state index contributed by atoms with van der Waals surface area (Å²) in [6, 6.07) is 7.67. The highest BCUT2D eigenvalue weighted by atomic mass is 15.0. The summed E-state index contributed by atoms with van der Waals surface area (Å²) in [7, 11) is 0. The normalized spacial score (nSPS) is 18.5. The van der Waals surface area contributed by atoms with E-state index in [1.165, 1.54) is 42.4 Å². The van der Waals surface area contributed by atoms with Crippen molar-refractivity contribution in [3.63, 3.8) is 0 Å². The maximum atomic E-state index is 5.91. The lowest BCUT2D eigenvalue weighted by Gasteiger charge is -2.22. The van der Waals surface area contributed by atoms with Crippen molar-refractivity contribution >= 4 is 0 Å². The smallest absolute Gasteiger partial charge is 0.0446 e. The van der Waals surface area contributed by atoms with E-state index in [-0.39, 0.29) is 0 Å². The van der Waals surface area contributed by atoms with Gasteiger partial charge in [-0.15, -0.1) is 0 Å². The minimum atomic E-state index is 0.317. The van der Waals surface area contributed by atoms with Crippen LogP contribution in [0.3, 0.4) is 0 Å². The molecule has 0 heterocycles. The average molecular weight is 232 g/mol. The van der Waals surface area contributed by atoms with E-state index in [1.54, 1.807) is 0 Å². The number of rotatable bonds is 4. The van der Waals surface area contributed by atoms with Gasteiger partial charge >= 0.3 is 0 Å². The highest BCUT2D eigenvalue weighted by Crippen LogP contribution is 2.22. The molecular formula is C15H24N2. The summed E-state index contributed by atoms with van der Waals surface area (Å²) in [5.41, 5.74) is 9.95. The van der Waals surface area contributed by atoms with Crippen LogP contribution in [0.15, 0.2) is 18.2 Å². The molecule has 1 aromatic rings. The van der Waals surface area contributed by atoms with Crippen molar-refractivity contribution in [2.75, 3.05) is 6.54 Å². The third-order valence-electron chi connectivity index (χ3n) is 3.96. The second-order valence-electron chi connectivity index (χ2n) is 5.28. The fourth-order valence-electron chi connectivity index (χ4n) is 2.66. The van der Waals surface area contributed by atoms with E-state index in [0.717, 1.165) is 0 Å². The molecule has 1 unspecified atom stereocenters. The SMILES string of the molecule is Cc1ccc(C(CN)NC2CCCC2)cc1C. The zero-order chi connectivity index (χ0) is 12.3. The van der Waals surface area contributed by atoms with Crippen molar-refractivity contribution in [1.82, 2.24) is 5.32 Å². The molecule has 3 N–H and O–H groups in total. The predicted molar refractivity (Wildman–Crippen MR) is 73.1 cm³/mol. The number of nitrogens with two attached hydrogens (primary N) is 1. The van der Waals surface area contributed by atoms with Crippen LogP contribution < -0.4 is 11.1 Å². The summed E-state index contributed by atoms with van der Waals surface area (Å²) in [6.45, 7) is 5.00. The predicted octanol–water partition coefficient (Wildman–Crippen LogP) is 2.84. The van der Waals surface area contributed by atoms with Crippen LogP contribution in [0.4, 0.5) is 0 Å². The van der Waals surface area contributed by atoms with Gasteiger partial charge in [0.15, 0.2) is 0 Å². The molecule has 1 aliphatic carbocycles. The van der Waals surface area contributed by atoms with Gasteiger partial charge in [0, 0.05) is 18.6 Å². The van der Waals surface area contributed by atoms with Gasteiger partial charge in [-0.1, -0.05) is 31.0 Å². The quantitative estimate of drug-likeness (QED) is 0.837. The van der Waals surface area contributed by atoms with E-state index in [4.69, 9.17) is 5.73 Å². The van der Waals surface area contributed by atoms with Crippen LogP contribution in [0.1, 0.15) is 48.4 Å². The lowest BCUT2D eigenvalue weighted by molar-refractivity contribution is 0.444. The van der Waals surface area contributed by atoms with Gasteiger partial charge in [-0.3, -0.25) is 0 Å². The number of aryl methyl sites for hydroxylation is 2. The first kappa shape index (κ1) is 12.6. The van der Waals surface area contributed by atoms with E-state index in [0.29, 0.717) is 18.6 Å². The Bertz CT molecular complexity index is 367. The fraction of sp³-hybridized carbons (Fsp3) is 0.600. The second kappa shape index (κ2) is 5.65.